The summed E-state index contributed by atoms with van der Waals surface area (Å²) in [7, 11) is 0. The van der Waals surface area contributed by atoms with Crippen LogP contribution in [0.25, 0.3) is 10.4 Å². The van der Waals surface area contributed by atoms with Gasteiger partial charge in [0.15, 0.2) is 10.4 Å². The van der Waals surface area contributed by atoms with Gasteiger partial charge in [0.05, 0.1) is 5.69 Å². The summed E-state index contributed by atoms with van der Waals surface area (Å²) in [5.41, 5.74) is 2.26. The predicted molar refractivity (Wildman–Crippen MR) is 95.8 cm³/mol. The zero-order valence-electron chi connectivity index (χ0n) is 12.5. The molecule has 0 radical (unpaired) electrons. The first-order valence-electron chi connectivity index (χ1n) is 6.95. The topological polar surface area (TPSA) is 79.5 Å². The van der Waals surface area contributed by atoms with E-state index in [2.05, 4.69) is 21.2 Å². The van der Waals surface area contributed by atoms with Gasteiger partial charge in [-0.2, -0.15) is 0 Å². The van der Waals surface area contributed by atoms with Crippen LogP contribution in [0.4, 0.5) is 5.69 Å². The van der Waals surface area contributed by atoms with Crippen molar-refractivity contribution in [1.29, 1.82) is 0 Å². The van der Waals surface area contributed by atoms with Crippen LogP contribution in [0.5, 0.6) is 0 Å². The summed E-state index contributed by atoms with van der Waals surface area (Å²) >= 11 is 4.24. The number of furan rings is 1. The molecule has 0 aliphatic rings. The Morgan fingerprint density at radius 1 is 1.17 bits per heavy atom. The summed E-state index contributed by atoms with van der Waals surface area (Å²) in [4.78, 5) is 24.5. The van der Waals surface area contributed by atoms with Crippen LogP contribution in [-0.2, 0) is 0 Å². The van der Waals surface area contributed by atoms with Crippen molar-refractivity contribution in [3.05, 3.63) is 63.3 Å². The molecular weight excluding hydrogens is 394 g/mol. The van der Waals surface area contributed by atoms with Gasteiger partial charge in [0.1, 0.15) is 4.88 Å². The molecule has 0 fully saturated rings. The van der Waals surface area contributed by atoms with Gasteiger partial charge in [-0.15, -0.1) is 11.3 Å². The number of carboxylic acid groups (broad SMARTS) is 1. The van der Waals surface area contributed by atoms with Gasteiger partial charge in [0.25, 0.3) is 5.91 Å². The number of anilines is 1. The van der Waals surface area contributed by atoms with Crippen LogP contribution >= 0.6 is 27.3 Å². The molecule has 7 heteroatoms. The number of carboxylic acids is 1. The molecule has 1 aromatic carbocycles. The van der Waals surface area contributed by atoms with Crippen LogP contribution in [0.1, 0.15) is 25.8 Å². The number of aryl methyl sites for hydroxylation is 1. The first-order valence-corrected chi connectivity index (χ1v) is 8.56. The minimum atomic E-state index is -1.09. The van der Waals surface area contributed by atoms with Crippen molar-refractivity contribution in [3.8, 4) is 10.4 Å². The number of rotatable bonds is 4. The highest BCUT2D eigenvalue weighted by molar-refractivity contribution is 9.10. The first-order chi connectivity index (χ1) is 11.4. The monoisotopic (exact) mass is 405 g/mol. The first kappa shape index (κ1) is 16.5. The van der Waals surface area contributed by atoms with Gasteiger partial charge in [-0.1, -0.05) is 29.8 Å². The number of nitrogens with one attached hydrogen (secondary N) is 1. The molecule has 122 valence electrons. The Balaban J connectivity index is 1.93. The molecule has 0 spiro atoms. The molecule has 0 saturated carbocycles. The Morgan fingerprint density at radius 3 is 2.46 bits per heavy atom. The number of carbonyl (C=O) groups is 2. The van der Waals surface area contributed by atoms with E-state index in [-0.39, 0.29) is 16.3 Å². The minimum absolute atomic E-state index is 0.0737. The van der Waals surface area contributed by atoms with E-state index in [4.69, 9.17) is 4.42 Å². The van der Waals surface area contributed by atoms with Crippen molar-refractivity contribution in [2.45, 2.75) is 6.92 Å². The lowest BCUT2D eigenvalue weighted by atomic mass is 10.1. The van der Waals surface area contributed by atoms with Crippen LogP contribution in [0.3, 0.4) is 0 Å². The summed E-state index contributed by atoms with van der Waals surface area (Å²) in [5, 5.41) is 12.0. The summed E-state index contributed by atoms with van der Waals surface area (Å²) in [6.45, 7) is 1.98. The number of halogens is 1. The molecule has 2 N–H and O–H groups in total. The second-order valence-corrected chi connectivity index (χ2v) is 6.92. The fraction of sp³-hybridized carbons (Fsp3) is 0.0588. The van der Waals surface area contributed by atoms with Crippen LogP contribution in [0.15, 0.2) is 51.6 Å². The van der Waals surface area contributed by atoms with Crippen LogP contribution < -0.4 is 5.32 Å². The normalized spacial score (nSPS) is 10.6. The molecular formula is C17H12BrNO4S. The highest BCUT2D eigenvalue weighted by atomic mass is 79.9. The number of carbonyl (C=O) groups excluding carboxylic acids is 1. The molecule has 0 aliphatic heterocycles. The quantitative estimate of drug-likeness (QED) is 0.637. The SMILES string of the molecule is Cc1ccc(-c2cc(NC(=O)c3ccc(Br)o3)c(C(=O)O)s2)cc1. The van der Waals surface area contributed by atoms with Crippen LogP contribution in [-0.4, -0.2) is 17.0 Å². The fourth-order valence-corrected chi connectivity index (χ4v) is 3.39. The van der Waals surface area contributed by atoms with Crippen molar-refractivity contribution in [2.75, 3.05) is 5.32 Å². The number of benzene rings is 1. The average Bonchev–Trinajstić information content (AvgIpc) is 3.14. The lowest BCUT2D eigenvalue weighted by Crippen LogP contribution is -2.12. The highest BCUT2D eigenvalue weighted by Crippen LogP contribution is 2.35. The molecule has 3 aromatic rings. The van der Waals surface area contributed by atoms with E-state index in [0.29, 0.717) is 4.67 Å². The van der Waals surface area contributed by atoms with Gasteiger partial charge in [0.2, 0.25) is 0 Å². The lowest BCUT2D eigenvalue weighted by molar-refractivity contribution is 0.0703. The third-order valence-corrected chi connectivity index (χ3v) is 4.91. The van der Waals surface area contributed by atoms with E-state index in [1.54, 1.807) is 12.1 Å². The maximum Gasteiger partial charge on any atom is 0.348 e. The standard InChI is InChI=1S/C17H12BrNO4S/c1-9-2-4-10(5-3-9)13-8-11(15(24-13)17(21)22)19-16(20)12-6-7-14(18)23-12/h2-8H,1H3,(H,19,20)(H,21,22). The molecule has 3 rings (SSSR count). The maximum atomic E-state index is 12.2. The lowest BCUT2D eigenvalue weighted by Gasteiger charge is -2.01. The van der Waals surface area contributed by atoms with E-state index in [9.17, 15) is 14.7 Å². The third-order valence-electron chi connectivity index (χ3n) is 3.31. The van der Waals surface area contributed by atoms with E-state index in [0.717, 1.165) is 27.3 Å². The molecule has 1 amide bonds. The number of hydrogen-bond acceptors (Lipinski definition) is 4. The molecule has 0 atom stereocenters. The van der Waals surface area contributed by atoms with E-state index >= 15 is 0 Å². The molecule has 2 aromatic heterocycles. The van der Waals surface area contributed by atoms with Crippen molar-refractivity contribution in [2.24, 2.45) is 0 Å². The molecule has 0 saturated heterocycles. The van der Waals surface area contributed by atoms with Gasteiger partial charge in [0, 0.05) is 4.88 Å². The molecule has 5 nitrogen and oxygen atoms in total. The number of hydrogen-bond donors (Lipinski definition) is 2. The Bertz CT molecular complexity index is 911. The van der Waals surface area contributed by atoms with Gasteiger partial charge in [-0.05, 0) is 46.6 Å². The number of aromatic carboxylic acids is 1. The predicted octanol–water partition coefficient (Wildman–Crippen LogP) is 5.03. The third kappa shape index (κ3) is 3.42. The molecule has 24 heavy (non-hydrogen) atoms. The Hall–Kier alpha value is -2.38. The molecule has 0 unspecified atom stereocenters. The van der Waals surface area contributed by atoms with Crippen molar-refractivity contribution >= 4 is 44.8 Å². The van der Waals surface area contributed by atoms with E-state index in [1.165, 1.54) is 6.07 Å². The maximum absolute atomic E-state index is 12.2. The Labute approximate surface area is 150 Å². The fourth-order valence-electron chi connectivity index (χ4n) is 2.12. The molecule has 0 aliphatic carbocycles. The average molecular weight is 406 g/mol. The minimum Gasteiger partial charge on any atom is -0.477 e. The number of amides is 1. The molecule has 2 heterocycles. The van der Waals surface area contributed by atoms with Gasteiger partial charge >= 0.3 is 5.97 Å². The largest absolute Gasteiger partial charge is 0.477 e. The van der Waals surface area contributed by atoms with E-state index < -0.39 is 11.9 Å². The van der Waals surface area contributed by atoms with Crippen molar-refractivity contribution < 1.29 is 19.1 Å². The number of thiophene rings is 1. The molecule has 0 bridgehead atoms. The second kappa shape index (κ2) is 6.62. The highest BCUT2D eigenvalue weighted by Gasteiger charge is 2.20. The Kier molecular flexibility index (Phi) is 4.55. The van der Waals surface area contributed by atoms with Crippen molar-refractivity contribution in [3.63, 3.8) is 0 Å². The summed E-state index contributed by atoms with van der Waals surface area (Å²) < 4.78 is 5.61. The van der Waals surface area contributed by atoms with E-state index in [1.807, 2.05) is 31.2 Å². The smallest absolute Gasteiger partial charge is 0.348 e. The van der Waals surface area contributed by atoms with Crippen LogP contribution in [0.2, 0.25) is 0 Å². The Morgan fingerprint density at radius 2 is 1.88 bits per heavy atom. The summed E-state index contributed by atoms with van der Waals surface area (Å²) in [6.07, 6.45) is 0. The van der Waals surface area contributed by atoms with Gasteiger partial charge in [-0.25, -0.2) is 4.79 Å². The summed E-state index contributed by atoms with van der Waals surface area (Å²) in [5.74, 6) is -1.49. The second-order valence-electron chi connectivity index (χ2n) is 5.08. The van der Waals surface area contributed by atoms with Crippen LogP contribution in [0, 0.1) is 6.92 Å². The zero-order chi connectivity index (χ0) is 17.3. The summed E-state index contributed by atoms with van der Waals surface area (Å²) in [6, 6.07) is 12.5. The zero-order valence-corrected chi connectivity index (χ0v) is 14.9. The van der Waals surface area contributed by atoms with Crippen molar-refractivity contribution in [1.82, 2.24) is 0 Å². The van der Waals surface area contributed by atoms with Gasteiger partial charge in [-0.3, -0.25) is 4.79 Å². The van der Waals surface area contributed by atoms with Gasteiger partial charge < -0.3 is 14.8 Å².